The summed E-state index contributed by atoms with van der Waals surface area (Å²) >= 11 is 3.39. The lowest BCUT2D eigenvalue weighted by Gasteiger charge is -2.28. The Kier molecular flexibility index (Phi) is 6.06. The average molecular weight is 422 g/mol. The van der Waals surface area contributed by atoms with E-state index in [0.29, 0.717) is 6.42 Å². The lowest BCUT2D eigenvalue weighted by molar-refractivity contribution is -0.171. The van der Waals surface area contributed by atoms with Crippen molar-refractivity contribution in [1.29, 1.82) is 0 Å². The molecule has 0 N–H and O–H groups in total. The third kappa shape index (κ3) is 4.61. The zero-order valence-electron chi connectivity index (χ0n) is 15.5. The lowest BCUT2D eigenvalue weighted by Crippen LogP contribution is -2.43. The van der Waals surface area contributed by atoms with Gasteiger partial charge >= 0.3 is 5.97 Å². The minimum atomic E-state index is -1.43. The molecule has 5 nitrogen and oxygen atoms in total. The molecule has 0 bridgehead atoms. The third-order valence-corrected chi connectivity index (χ3v) is 4.78. The smallest absolute Gasteiger partial charge is 0.322 e. The SMILES string of the molecule is CN1C(=O)CC(CC/C=C/c2ccc(Br)cc2)(C(=O)OC(C)(C)C)C1=O. The van der Waals surface area contributed by atoms with Gasteiger partial charge in [-0.15, -0.1) is 0 Å². The van der Waals surface area contributed by atoms with Gasteiger partial charge in [-0.1, -0.05) is 40.2 Å². The largest absolute Gasteiger partial charge is 0.459 e. The molecule has 2 rings (SSSR count). The van der Waals surface area contributed by atoms with Crippen LogP contribution >= 0.6 is 15.9 Å². The standard InChI is InChI=1S/C20H24BrNO4/c1-19(2,3)26-18(25)20(13-16(23)22(4)17(20)24)12-6-5-7-14-8-10-15(21)11-9-14/h5,7-11H,6,12-13H2,1-4H3/b7-5+. The van der Waals surface area contributed by atoms with Gasteiger partial charge in [-0.05, 0) is 51.3 Å². The van der Waals surface area contributed by atoms with Crippen molar-refractivity contribution in [2.24, 2.45) is 5.41 Å². The monoisotopic (exact) mass is 421 g/mol. The van der Waals surface area contributed by atoms with Gasteiger partial charge < -0.3 is 4.74 Å². The lowest BCUT2D eigenvalue weighted by atomic mass is 9.81. The predicted octanol–water partition coefficient (Wildman–Crippen LogP) is 3.96. The van der Waals surface area contributed by atoms with Crippen molar-refractivity contribution in [3.8, 4) is 0 Å². The van der Waals surface area contributed by atoms with E-state index >= 15 is 0 Å². The number of halogens is 1. The molecule has 1 heterocycles. The molecule has 0 saturated carbocycles. The topological polar surface area (TPSA) is 63.7 Å². The fraction of sp³-hybridized carbons (Fsp3) is 0.450. The van der Waals surface area contributed by atoms with E-state index in [-0.39, 0.29) is 18.7 Å². The van der Waals surface area contributed by atoms with Crippen LogP contribution in [-0.2, 0) is 19.1 Å². The molecule has 1 unspecified atom stereocenters. The van der Waals surface area contributed by atoms with Gasteiger partial charge in [0.15, 0.2) is 5.41 Å². The highest BCUT2D eigenvalue weighted by molar-refractivity contribution is 9.10. The molecule has 0 spiro atoms. The summed E-state index contributed by atoms with van der Waals surface area (Å²) in [6, 6.07) is 7.80. The van der Waals surface area contributed by atoms with Gasteiger partial charge in [-0.25, -0.2) is 0 Å². The maximum absolute atomic E-state index is 12.7. The Morgan fingerprint density at radius 2 is 1.88 bits per heavy atom. The van der Waals surface area contributed by atoms with Crippen LogP contribution in [0.4, 0.5) is 0 Å². The zero-order chi connectivity index (χ0) is 19.5. The molecule has 1 aliphatic rings. The van der Waals surface area contributed by atoms with Gasteiger partial charge in [-0.3, -0.25) is 19.3 Å². The van der Waals surface area contributed by atoms with Gasteiger partial charge in [0, 0.05) is 11.5 Å². The molecule has 1 aromatic carbocycles. The second-order valence-corrected chi connectivity index (χ2v) is 8.43. The van der Waals surface area contributed by atoms with Gasteiger partial charge in [-0.2, -0.15) is 0 Å². The van der Waals surface area contributed by atoms with Gasteiger partial charge in [0.1, 0.15) is 5.60 Å². The van der Waals surface area contributed by atoms with E-state index in [4.69, 9.17) is 4.74 Å². The van der Waals surface area contributed by atoms with E-state index in [1.165, 1.54) is 7.05 Å². The van der Waals surface area contributed by atoms with Crippen molar-refractivity contribution < 1.29 is 19.1 Å². The van der Waals surface area contributed by atoms with E-state index in [1.807, 2.05) is 36.4 Å². The van der Waals surface area contributed by atoms with Gasteiger partial charge in [0.05, 0.1) is 6.42 Å². The van der Waals surface area contributed by atoms with E-state index in [2.05, 4.69) is 15.9 Å². The first kappa shape index (κ1) is 20.4. The molecule has 2 amide bonds. The Labute approximate surface area is 162 Å². The van der Waals surface area contributed by atoms with Crippen molar-refractivity contribution in [3.05, 3.63) is 40.4 Å². The van der Waals surface area contributed by atoms with Crippen LogP contribution in [0.15, 0.2) is 34.8 Å². The molecule has 0 aliphatic carbocycles. The van der Waals surface area contributed by atoms with Crippen molar-refractivity contribution >= 4 is 39.8 Å². The Bertz CT molecular complexity index is 733. The first-order valence-electron chi connectivity index (χ1n) is 8.52. The molecule has 1 aromatic rings. The fourth-order valence-corrected chi connectivity index (χ4v) is 3.11. The molecule has 6 heteroatoms. The molecule has 1 atom stereocenters. The van der Waals surface area contributed by atoms with Crippen LogP contribution in [0.2, 0.25) is 0 Å². The molecule has 140 valence electrons. The number of rotatable bonds is 5. The second kappa shape index (κ2) is 7.74. The van der Waals surface area contributed by atoms with Crippen LogP contribution in [0, 0.1) is 5.41 Å². The molecule has 0 radical (unpaired) electrons. The summed E-state index contributed by atoms with van der Waals surface area (Å²) in [4.78, 5) is 38.4. The summed E-state index contributed by atoms with van der Waals surface area (Å²) in [7, 11) is 1.41. The summed E-state index contributed by atoms with van der Waals surface area (Å²) in [6.45, 7) is 5.24. The van der Waals surface area contributed by atoms with E-state index in [0.717, 1.165) is 14.9 Å². The van der Waals surface area contributed by atoms with Crippen LogP contribution in [0.1, 0.15) is 45.6 Å². The first-order valence-corrected chi connectivity index (χ1v) is 9.31. The number of ether oxygens (including phenoxy) is 1. The van der Waals surface area contributed by atoms with Crippen molar-refractivity contribution in [1.82, 2.24) is 4.90 Å². The number of carbonyl (C=O) groups is 3. The van der Waals surface area contributed by atoms with Crippen molar-refractivity contribution in [2.75, 3.05) is 7.05 Å². The number of hydrogen-bond acceptors (Lipinski definition) is 4. The summed E-state index contributed by atoms with van der Waals surface area (Å²) in [6.07, 6.45) is 4.43. The number of allylic oxidation sites excluding steroid dienone is 1. The second-order valence-electron chi connectivity index (χ2n) is 7.51. The highest BCUT2D eigenvalue weighted by Crippen LogP contribution is 2.39. The Hall–Kier alpha value is -1.95. The van der Waals surface area contributed by atoms with E-state index in [1.54, 1.807) is 20.8 Å². The summed E-state index contributed by atoms with van der Waals surface area (Å²) in [5.74, 6) is -1.45. The Morgan fingerprint density at radius 3 is 2.38 bits per heavy atom. The first-order chi connectivity index (χ1) is 12.0. The molecule has 1 fully saturated rings. The van der Waals surface area contributed by atoms with Gasteiger partial charge in [0.2, 0.25) is 11.8 Å². The minimum Gasteiger partial charge on any atom is -0.459 e. The highest BCUT2D eigenvalue weighted by Gasteiger charge is 2.56. The maximum Gasteiger partial charge on any atom is 0.322 e. The van der Waals surface area contributed by atoms with Crippen LogP contribution < -0.4 is 0 Å². The highest BCUT2D eigenvalue weighted by atomic mass is 79.9. The molecule has 1 aliphatic heterocycles. The van der Waals surface area contributed by atoms with Crippen LogP contribution in [-0.4, -0.2) is 35.3 Å². The van der Waals surface area contributed by atoms with E-state index < -0.39 is 22.9 Å². The number of benzene rings is 1. The normalized spacial score (nSPS) is 20.9. The van der Waals surface area contributed by atoms with Crippen LogP contribution in [0.3, 0.4) is 0 Å². The number of imide groups is 1. The number of likely N-dealkylation sites (tertiary alicyclic amines) is 1. The number of esters is 1. The summed E-state index contributed by atoms with van der Waals surface area (Å²) in [5.41, 5.74) is -1.13. The number of amides is 2. The number of nitrogens with zero attached hydrogens (tertiary/aromatic N) is 1. The summed E-state index contributed by atoms with van der Waals surface area (Å²) < 4.78 is 6.45. The predicted molar refractivity (Wildman–Crippen MR) is 103 cm³/mol. The van der Waals surface area contributed by atoms with Crippen molar-refractivity contribution in [2.45, 2.75) is 45.6 Å². The minimum absolute atomic E-state index is 0.136. The van der Waals surface area contributed by atoms with Crippen LogP contribution in [0.25, 0.3) is 6.08 Å². The average Bonchev–Trinajstić information content (AvgIpc) is 2.77. The fourth-order valence-electron chi connectivity index (χ4n) is 2.84. The zero-order valence-corrected chi connectivity index (χ0v) is 17.1. The molecule has 26 heavy (non-hydrogen) atoms. The summed E-state index contributed by atoms with van der Waals surface area (Å²) in [5, 5.41) is 0. The van der Waals surface area contributed by atoms with Crippen molar-refractivity contribution in [3.63, 3.8) is 0 Å². The third-order valence-electron chi connectivity index (χ3n) is 4.25. The van der Waals surface area contributed by atoms with Crippen LogP contribution in [0.5, 0.6) is 0 Å². The molecular weight excluding hydrogens is 398 g/mol. The quantitative estimate of drug-likeness (QED) is 0.410. The van der Waals surface area contributed by atoms with E-state index in [9.17, 15) is 14.4 Å². The number of hydrogen-bond donors (Lipinski definition) is 0. The molecule has 0 aromatic heterocycles. The Balaban J connectivity index is 2.15. The molecular formula is C20H24BrNO4. The number of carbonyl (C=O) groups excluding carboxylic acids is 3. The Morgan fingerprint density at radius 1 is 1.27 bits per heavy atom. The van der Waals surface area contributed by atoms with Gasteiger partial charge in [0.25, 0.3) is 0 Å². The maximum atomic E-state index is 12.7. The molecule has 1 saturated heterocycles.